The fraction of sp³-hybridized carbons (Fsp3) is 0.400. The van der Waals surface area contributed by atoms with Crippen molar-refractivity contribution in [1.82, 2.24) is 39.3 Å². The zero-order chi connectivity index (χ0) is 22.0. The molecule has 0 bridgehead atoms. The third-order valence-electron chi connectivity index (χ3n) is 5.18. The molecule has 31 heavy (non-hydrogen) atoms. The molecule has 0 aliphatic heterocycles. The molecule has 1 aromatic carbocycles. The second kappa shape index (κ2) is 8.54. The highest BCUT2D eigenvalue weighted by Gasteiger charge is 2.17. The van der Waals surface area contributed by atoms with Gasteiger partial charge in [-0.25, -0.2) is 9.78 Å². The van der Waals surface area contributed by atoms with Gasteiger partial charge in [-0.05, 0) is 48.9 Å². The van der Waals surface area contributed by atoms with Crippen molar-refractivity contribution in [2.45, 2.75) is 53.2 Å². The summed E-state index contributed by atoms with van der Waals surface area (Å²) in [6.07, 6.45) is 1.77. The van der Waals surface area contributed by atoms with Gasteiger partial charge in [0, 0.05) is 18.8 Å². The SMILES string of the molecule is CCCCn1c(=O)[nH]c(=O)c2c1nc(CNc1cccc(-n3nnnc3C)c1)n2CC. The molecule has 0 spiro atoms. The number of unbranched alkanes of at least 4 members (excludes halogenated alkanes) is 1. The maximum atomic E-state index is 12.5. The van der Waals surface area contributed by atoms with E-state index in [-0.39, 0.29) is 0 Å². The van der Waals surface area contributed by atoms with Crippen LogP contribution in [0.1, 0.15) is 38.3 Å². The highest BCUT2D eigenvalue weighted by Crippen LogP contribution is 2.17. The van der Waals surface area contributed by atoms with Crippen molar-refractivity contribution < 1.29 is 0 Å². The van der Waals surface area contributed by atoms with Crippen LogP contribution in [-0.2, 0) is 19.6 Å². The first-order chi connectivity index (χ1) is 15.0. The molecule has 11 heteroatoms. The second-order valence-electron chi connectivity index (χ2n) is 7.25. The first kappa shape index (κ1) is 20.5. The molecule has 162 valence electrons. The number of anilines is 1. The Balaban J connectivity index is 1.68. The molecule has 0 amide bonds. The van der Waals surface area contributed by atoms with E-state index in [0.29, 0.717) is 42.4 Å². The van der Waals surface area contributed by atoms with Gasteiger partial charge in [-0.1, -0.05) is 19.4 Å². The summed E-state index contributed by atoms with van der Waals surface area (Å²) in [5, 5.41) is 14.9. The molecule has 4 aromatic rings. The lowest BCUT2D eigenvalue weighted by atomic mass is 10.2. The average molecular weight is 423 g/mol. The van der Waals surface area contributed by atoms with Gasteiger partial charge in [0.05, 0.1) is 12.2 Å². The summed E-state index contributed by atoms with van der Waals surface area (Å²) in [7, 11) is 0. The van der Waals surface area contributed by atoms with Crippen molar-refractivity contribution in [3.63, 3.8) is 0 Å². The van der Waals surface area contributed by atoms with Gasteiger partial charge >= 0.3 is 5.69 Å². The first-order valence-corrected chi connectivity index (χ1v) is 10.3. The molecular formula is C20H25N9O2. The summed E-state index contributed by atoms with van der Waals surface area (Å²) in [6, 6.07) is 7.70. The van der Waals surface area contributed by atoms with Gasteiger partial charge in [0.1, 0.15) is 5.82 Å². The van der Waals surface area contributed by atoms with Crippen molar-refractivity contribution >= 4 is 16.9 Å². The quantitative estimate of drug-likeness (QED) is 0.440. The molecule has 0 atom stereocenters. The molecule has 2 N–H and O–H groups in total. The topological polar surface area (TPSA) is 128 Å². The number of rotatable bonds is 8. The number of fused-ring (bicyclic) bond motifs is 1. The smallest absolute Gasteiger partial charge is 0.330 e. The molecule has 0 saturated carbocycles. The number of imidazole rings is 1. The standard InChI is InChI=1S/C20H25N9O2/c1-4-6-10-28-18-17(19(30)23-20(28)31)27(5-2)16(22-18)12-21-14-8-7-9-15(11-14)29-13(3)24-25-26-29/h7-9,11,21H,4-6,10,12H2,1-3H3,(H,23,30,31). The monoisotopic (exact) mass is 423 g/mol. The van der Waals surface area contributed by atoms with Crippen LogP contribution in [0.5, 0.6) is 0 Å². The zero-order valence-corrected chi connectivity index (χ0v) is 17.8. The normalized spacial score (nSPS) is 11.3. The number of tetrazole rings is 1. The van der Waals surface area contributed by atoms with Crippen LogP contribution in [0.3, 0.4) is 0 Å². The van der Waals surface area contributed by atoms with Gasteiger partial charge in [-0.2, -0.15) is 4.68 Å². The molecule has 0 unspecified atom stereocenters. The summed E-state index contributed by atoms with van der Waals surface area (Å²) in [5.74, 6) is 1.37. The van der Waals surface area contributed by atoms with Gasteiger partial charge in [-0.3, -0.25) is 14.3 Å². The van der Waals surface area contributed by atoms with Crippen molar-refractivity contribution in [2.24, 2.45) is 0 Å². The Kier molecular flexibility index (Phi) is 5.65. The average Bonchev–Trinajstić information content (AvgIpc) is 3.35. The van der Waals surface area contributed by atoms with E-state index in [9.17, 15) is 9.59 Å². The van der Waals surface area contributed by atoms with Crippen LogP contribution in [0.15, 0.2) is 33.9 Å². The Morgan fingerprint density at radius 2 is 2.00 bits per heavy atom. The van der Waals surface area contributed by atoms with Crippen molar-refractivity contribution in [3.05, 3.63) is 56.8 Å². The van der Waals surface area contributed by atoms with E-state index in [2.05, 4.69) is 37.7 Å². The molecule has 0 aliphatic carbocycles. The Hall–Kier alpha value is -3.76. The van der Waals surface area contributed by atoms with Crippen molar-refractivity contribution in [1.29, 1.82) is 0 Å². The van der Waals surface area contributed by atoms with Crippen LogP contribution in [0.2, 0.25) is 0 Å². The fourth-order valence-corrected chi connectivity index (χ4v) is 3.62. The molecular weight excluding hydrogens is 398 g/mol. The fourth-order valence-electron chi connectivity index (χ4n) is 3.62. The first-order valence-electron chi connectivity index (χ1n) is 10.3. The minimum absolute atomic E-state index is 0.391. The highest BCUT2D eigenvalue weighted by atomic mass is 16.2. The molecule has 3 heterocycles. The van der Waals surface area contributed by atoms with E-state index < -0.39 is 11.2 Å². The number of benzene rings is 1. The van der Waals surface area contributed by atoms with Gasteiger partial charge < -0.3 is 9.88 Å². The lowest BCUT2D eigenvalue weighted by molar-refractivity contribution is 0.613. The van der Waals surface area contributed by atoms with Crippen LogP contribution in [-0.4, -0.2) is 39.3 Å². The highest BCUT2D eigenvalue weighted by molar-refractivity contribution is 5.71. The lowest BCUT2D eigenvalue weighted by Crippen LogP contribution is -2.31. The Morgan fingerprint density at radius 1 is 1.16 bits per heavy atom. The maximum absolute atomic E-state index is 12.5. The number of aromatic nitrogens is 8. The van der Waals surface area contributed by atoms with E-state index >= 15 is 0 Å². The number of H-pyrrole nitrogens is 1. The second-order valence-corrected chi connectivity index (χ2v) is 7.25. The third-order valence-corrected chi connectivity index (χ3v) is 5.18. The van der Waals surface area contributed by atoms with E-state index in [4.69, 9.17) is 0 Å². The predicted molar refractivity (Wildman–Crippen MR) is 116 cm³/mol. The number of hydrogen-bond acceptors (Lipinski definition) is 7. The molecule has 4 rings (SSSR count). The summed E-state index contributed by atoms with van der Waals surface area (Å²) in [6.45, 7) is 7.31. The summed E-state index contributed by atoms with van der Waals surface area (Å²) >= 11 is 0. The summed E-state index contributed by atoms with van der Waals surface area (Å²) in [4.78, 5) is 32.0. The van der Waals surface area contributed by atoms with Gasteiger partial charge in [0.15, 0.2) is 17.0 Å². The number of nitrogens with zero attached hydrogens (tertiary/aromatic N) is 7. The Labute approximate surface area is 177 Å². The van der Waals surface area contributed by atoms with Crippen molar-refractivity contribution in [3.8, 4) is 5.69 Å². The number of nitrogens with one attached hydrogen (secondary N) is 2. The van der Waals surface area contributed by atoms with Gasteiger partial charge in [0.25, 0.3) is 5.56 Å². The van der Waals surface area contributed by atoms with Crippen LogP contribution in [0.25, 0.3) is 16.9 Å². The van der Waals surface area contributed by atoms with E-state index in [1.54, 1.807) is 9.25 Å². The molecule has 0 saturated heterocycles. The minimum Gasteiger partial charge on any atom is -0.378 e. The number of aromatic amines is 1. The Bertz CT molecular complexity index is 1330. The third kappa shape index (κ3) is 3.86. The van der Waals surface area contributed by atoms with Crippen LogP contribution < -0.4 is 16.6 Å². The molecule has 0 aliphatic rings. The molecule has 0 radical (unpaired) electrons. The summed E-state index contributed by atoms with van der Waals surface area (Å²) in [5.41, 5.74) is 1.72. The Morgan fingerprint density at radius 3 is 2.71 bits per heavy atom. The van der Waals surface area contributed by atoms with E-state index in [1.165, 1.54) is 0 Å². The maximum Gasteiger partial charge on any atom is 0.330 e. The zero-order valence-electron chi connectivity index (χ0n) is 17.8. The van der Waals surface area contributed by atoms with Gasteiger partial charge in [0.2, 0.25) is 0 Å². The van der Waals surface area contributed by atoms with E-state index in [1.807, 2.05) is 42.7 Å². The molecule has 0 fully saturated rings. The predicted octanol–water partition coefficient (Wildman–Crippen LogP) is 1.60. The van der Waals surface area contributed by atoms with Gasteiger partial charge in [-0.15, -0.1) is 5.10 Å². The number of aryl methyl sites for hydroxylation is 3. The lowest BCUT2D eigenvalue weighted by Gasteiger charge is -2.10. The van der Waals surface area contributed by atoms with Crippen LogP contribution in [0.4, 0.5) is 5.69 Å². The van der Waals surface area contributed by atoms with Crippen LogP contribution in [0, 0.1) is 6.92 Å². The minimum atomic E-state index is -0.421. The number of hydrogen-bond donors (Lipinski definition) is 2. The summed E-state index contributed by atoms with van der Waals surface area (Å²) < 4.78 is 5.05. The van der Waals surface area contributed by atoms with Crippen molar-refractivity contribution in [2.75, 3.05) is 5.32 Å². The molecule has 3 aromatic heterocycles. The largest absolute Gasteiger partial charge is 0.378 e. The molecule has 11 nitrogen and oxygen atoms in total. The van der Waals surface area contributed by atoms with Crippen LogP contribution >= 0.6 is 0 Å². The van der Waals surface area contributed by atoms with E-state index in [0.717, 1.165) is 24.2 Å².